The molecular weight excluding hydrogens is 275 g/mol. The number of aromatic nitrogens is 1. The molecule has 2 aliphatic heterocycles. The molecule has 20 heavy (non-hydrogen) atoms. The first kappa shape index (κ1) is 14.3. The molecule has 0 radical (unpaired) electrons. The van der Waals surface area contributed by atoms with Crippen LogP contribution in [0.15, 0.2) is 18.5 Å². The van der Waals surface area contributed by atoms with Gasteiger partial charge in [-0.2, -0.15) is 11.8 Å². The zero-order chi connectivity index (χ0) is 14.0. The summed E-state index contributed by atoms with van der Waals surface area (Å²) in [5, 5.41) is 0. The zero-order valence-electron chi connectivity index (χ0n) is 11.6. The fourth-order valence-electron chi connectivity index (χ4n) is 3.35. The van der Waals surface area contributed by atoms with Gasteiger partial charge in [0.2, 0.25) is 0 Å². The molecule has 0 aliphatic carbocycles. The Morgan fingerprint density at radius 2 is 2.20 bits per heavy atom. The van der Waals surface area contributed by atoms with Crippen LogP contribution in [0.25, 0.3) is 0 Å². The highest BCUT2D eigenvalue weighted by atomic mass is 32.2. The van der Waals surface area contributed by atoms with Crippen LogP contribution < -0.4 is 5.73 Å². The lowest BCUT2D eigenvalue weighted by molar-refractivity contribution is -0.105. The summed E-state index contributed by atoms with van der Waals surface area (Å²) in [7, 11) is 0. The van der Waals surface area contributed by atoms with Crippen LogP contribution >= 0.6 is 11.8 Å². The van der Waals surface area contributed by atoms with Gasteiger partial charge in [0.05, 0.1) is 11.8 Å². The molecule has 1 aromatic heterocycles. The second kappa shape index (κ2) is 6.00. The summed E-state index contributed by atoms with van der Waals surface area (Å²) in [5.41, 5.74) is 7.18. The number of thioether (sulfide) groups is 1. The molecule has 2 N–H and O–H groups in total. The maximum absolute atomic E-state index is 13.3. The van der Waals surface area contributed by atoms with Gasteiger partial charge < -0.3 is 10.5 Å². The van der Waals surface area contributed by atoms with Gasteiger partial charge in [0.25, 0.3) is 0 Å². The summed E-state index contributed by atoms with van der Waals surface area (Å²) in [5.74, 6) is 2.39. The van der Waals surface area contributed by atoms with Crippen molar-refractivity contribution in [1.82, 2.24) is 4.98 Å². The van der Waals surface area contributed by atoms with Gasteiger partial charge in [-0.15, -0.1) is 0 Å². The average Bonchev–Trinajstić information content (AvgIpc) is 2.47. The van der Waals surface area contributed by atoms with E-state index in [0.717, 1.165) is 37.9 Å². The topological polar surface area (TPSA) is 48.1 Å². The maximum Gasteiger partial charge on any atom is 0.141 e. The molecule has 2 saturated heterocycles. The maximum atomic E-state index is 13.3. The van der Waals surface area contributed by atoms with E-state index in [9.17, 15) is 4.39 Å². The van der Waals surface area contributed by atoms with Crippen molar-refractivity contribution in [3.05, 3.63) is 29.8 Å². The smallest absolute Gasteiger partial charge is 0.141 e. The van der Waals surface area contributed by atoms with Gasteiger partial charge in [0.15, 0.2) is 0 Å². The highest BCUT2D eigenvalue weighted by Crippen LogP contribution is 2.42. The number of ether oxygens (including phenoxy) is 1. The van der Waals surface area contributed by atoms with E-state index in [1.807, 2.05) is 11.8 Å². The minimum absolute atomic E-state index is 0.0204. The Morgan fingerprint density at radius 1 is 1.40 bits per heavy atom. The van der Waals surface area contributed by atoms with Crippen LogP contribution in [0.5, 0.6) is 0 Å². The Kier molecular flexibility index (Phi) is 4.29. The molecule has 2 unspecified atom stereocenters. The van der Waals surface area contributed by atoms with Crippen molar-refractivity contribution >= 4 is 11.8 Å². The second-order valence-corrected chi connectivity index (χ2v) is 7.08. The Labute approximate surface area is 123 Å². The third-order valence-electron chi connectivity index (χ3n) is 4.55. The first-order chi connectivity index (χ1) is 9.69. The molecular formula is C15H21FN2OS. The summed E-state index contributed by atoms with van der Waals surface area (Å²) in [4.78, 5) is 3.91. The molecule has 110 valence electrons. The normalized spacial score (nSPS) is 27.4. The van der Waals surface area contributed by atoms with Gasteiger partial charge in [-0.25, -0.2) is 4.39 Å². The van der Waals surface area contributed by atoms with Crippen LogP contribution in [0.3, 0.4) is 0 Å². The highest BCUT2D eigenvalue weighted by molar-refractivity contribution is 7.99. The summed E-state index contributed by atoms with van der Waals surface area (Å²) < 4.78 is 19.4. The predicted octanol–water partition coefficient (Wildman–Crippen LogP) is 2.91. The first-order valence-electron chi connectivity index (χ1n) is 7.26. The van der Waals surface area contributed by atoms with E-state index in [-0.39, 0.29) is 17.5 Å². The van der Waals surface area contributed by atoms with Gasteiger partial charge in [0.1, 0.15) is 5.82 Å². The Balaban J connectivity index is 1.73. The number of hydrogen-bond donors (Lipinski definition) is 1. The number of hydrogen-bond acceptors (Lipinski definition) is 4. The average molecular weight is 296 g/mol. The predicted molar refractivity (Wildman–Crippen MR) is 79.1 cm³/mol. The third kappa shape index (κ3) is 3.00. The highest BCUT2D eigenvalue weighted by Gasteiger charge is 2.40. The lowest BCUT2D eigenvalue weighted by Gasteiger charge is -2.44. The molecule has 3 nitrogen and oxygen atoms in total. The van der Waals surface area contributed by atoms with Gasteiger partial charge in [0, 0.05) is 18.8 Å². The number of nitrogens with two attached hydrogens (primary N) is 1. The Morgan fingerprint density at radius 3 is 2.95 bits per heavy atom. The summed E-state index contributed by atoms with van der Waals surface area (Å²) >= 11 is 2.00. The van der Waals surface area contributed by atoms with Gasteiger partial charge >= 0.3 is 0 Å². The number of halogens is 1. The molecule has 1 aromatic rings. The molecule has 0 amide bonds. The molecule has 1 spiro atoms. The number of rotatable bonds is 2. The molecule has 0 bridgehead atoms. The van der Waals surface area contributed by atoms with Gasteiger partial charge in [-0.3, -0.25) is 4.98 Å². The van der Waals surface area contributed by atoms with Gasteiger partial charge in [-0.1, -0.05) is 0 Å². The van der Waals surface area contributed by atoms with Crippen molar-refractivity contribution in [2.75, 3.05) is 18.1 Å². The third-order valence-corrected chi connectivity index (χ3v) is 5.54. The van der Waals surface area contributed by atoms with E-state index in [1.54, 1.807) is 6.20 Å². The van der Waals surface area contributed by atoms with Crippen LogP contribution in [0.4, 0.5) is 4.39 Å². The molecule has 2 atom stereocenters. The lowest BCUT2D eigenvalue weighted by atomic mass is 9.77. The quantitative estimate of drug-likeness (QED) is 0.911. The van der Waals surface area contributed by atoms with E-state index < -0.39 is 0 Å². The molecule has 3 rings (SSSR count). The molecule has 5 heteroatoms. The summed E-state index contributed by atoms with van der Waals surface area (Å²) in [6.45, 7) is 0.770. The van der Waals surface area contributed by atoms with Crippen LogP contribution in [-0.2, 0) is 4.74 Å². The van der Waals surface area contributed by atoms with Crippen molar-refractivity contribution in [2.45, 2.75) is 37.3 Å². The van der Waals surface area contributed by atoms with E-state index in [0.29, 0.717) is 5.92 Å². The van der Waals surface area contributed by atoms with Crippen LogP contribution in [0.2, 0.25) is 0 Å². The molecule has 2 fully saturated rings. The van der Waals surface area contributed by atoms with Crippen molar-refractivity contribution in [3.63, 3.8) is 0 Å². The number of nitrogens with zero attached hydrogens (tertiary/aromatic N) is 1. The minimum Gasteiger partial charge on any atom is -0.375 e. The first-order valence-corrected chi connectivity index (χ1v) is 8.42. The lowest BCUT2D eigenvalue weighted by Crippen LogP contribution is -2.45. The molecule has 0 aromatic carbocycles. The van der Waals surface area contributed by atoms with Crippen LogP contribution in [0, 0.1) is 11.7 Å². The van der Waals surface area contributed by atoms with Crippen molar-refractivity contribution in [2.24, 2.45) is 11.7 Å². The molecule has 0 saturated carbocycles. The largest absolute Gasteiger partial charge is 0.375 e. The summed E-state index contributed by atoms with van der Waals surface area (Å²) in [6.07, 6.45) is 7.08. The Bertz CT molecular complexity index is 459. The van der Waals surface area contributed by atoms with E-state index in [2.05, 4.69) is 4.98 Å². The van der Waals surface area contributed by atoms with Crippen molar-refractivity contribution in [1.29, 1.82) is 0 Å². The Hall–Kier alpha value is -0.650. The number of pyridine rings is 1. The SMILES string of the molecule is NC(c1cncc(F)c1)C1CCOC2(CCSCC2)C1. The second-order valence-electron chi connectivity index (χ2n) is 5.86. The minimum atomic E-state index is -0.311. The fraction of sp³-hybridized carbons (Fsp3) is 0.667. The zero-order valence-corrected chi connectivity index (χ0v) is 12.4. The van der Waals surface area contributed by atoms with Crippen LogP contribution in [-0.4, -0.2) is 28.7 Å². The monoisotopic (exact) mass is 296 g/mol. The molecule has 3 heterocycles. The van der Waals surface area contributed by atoms with Gasteiger partial charge in [-0.05, 0) is 54.7 Å². The van der Waals surface area contributed by atoms with E-state index in [1.165, 1.54) is 23.8 Å². The fourth-order valence-corrected chi connectivity index (χ4v) is 4.58. The van der Waals surface area contributed by atoms with Crippen molar-refractivity contribution < 1.29 is 9.13 Å². The van der Waals surface area contributed by atoms with E-state index in [4.69, 9.17) is 10.5 Å². The molecule has 2 aliphatic rings. The van der Waals surface area contributed by atoms with Crippen molar-refractivity contribution in [3.8, 4) is 0 Å². The standard InChI is InChI=1S/C15H21FN2OS/c16-13-7-12(9-18-10-13)14(17)11-1-4-19-15(8-11)2-5-20-6-3-15/h7,9-11,14H,1-6,8,17H2. The van der Waals surface area contributed by atoms with Crippen LogP contribution in [0.1, 0.15) is 37.3 Å². The van der Waals surface area contributed by atoms with E-state index >= 15 is 0 Å². The summed E-state index contributed by atoms with van der Waals surface area (Å²) in [6, 6.07) is 1.37.